The van der Waals surface area contributed by atoms with E-state index in [-0.39, 0.29) is 0 Å². The molecule has 1 aromatic heterocycles. The molecule has 3 N–H and O–H groups in total. The first-order valence-corrected chi connectivity index (χ1v) is 6.11. The summed E-state index contributed by atoms with van der Waals surface area (Å²) in [5.74, 6) is 0. The second-order valence-corrected chi connectivity index (χ2v) is 4.94. The highest BCUT2D eigenvalue weighted by atomic mass is 35.5. The zero-order valence-electron chi connectivity index (χ0n) is 8.83. The highest BCUT2D eigenvalue weighted by Crippen LogP contribution is 2.23. The molecular weight excluding hydrogens is 242 g/mol. The topological polar surface area (TPSA) is 50.9 Å². The van der Waals surface area contributed by atoms with Crippen LogP contribution in [0.5, 0.6) is 0 Å². The molecule has 84 valence electrons. The molecule has 1 aromatic carbocycles. The number of hydrogen-bond donors (Lipinski definition) is 2. The van der Waals surface area contributed by atoms with Crippen LogP contribution in [0.1, 0.15) is 10.7 Å². The van der Waals surface area contributed by atoms with Crippen LogP contribution >= 0.6 is 22.9 Å². The van der Waals surface area contributed by atoms with Gasteiger partial charge in [0.25, 0.3) is 0 Å². The fourth-order valence-corrected chi connectivity index (χ4v) is 2.16. The molecule has 0 atom stereocenters. The van der Waals surface area contributed by atoms with Gasteiger partial charge < -0.3 is 11.1 Å². The van der Waals surface area contributed by atoms with Crippen LogP contribution < -0.4 is 11.1 Å². The normalized spacial score (nSPS) is 10.4. The average molecular weight is 254 g/mol. The summed E-state index contributed by atoms with van der Waals surface area (Å²) in [5.41, 5.74) is 8.39. The Balaban J connectivity index is 2.04. The zero-order chi connectivity index (χ0) is 11.5. The smallest absolute Gasteiger partial charge is 0.0898 e. The van der Waals surface area contributed by atoms with Crippen LogP contribution in [-0.4, -0.2) is 4.98 Å². The lowest BCUT2D eigenvalue weighted by molar-refractivity contribution is 1.06. The lowest BCUT2D eigenvalue weighted by atomic mass is 10.2. The molecule has 0 saturated carbocycles. The van der Waals surface area contributed by atoms with Gasteiger partial charge in [0.05, 0.1) is 28.6 Å². The SMILES string of the molecule is Cc1nc(CNc2ccc(Cl)cc2N)cs1. The summed E-state index contributed by atoms with van der Waals surface area (Å²) < 4.78 is 0. The Hall–Kier alpha value is -1.26. The summed E-state index contributed by atoms with van der Waals surface area (Å²) in [6.07, 6.45) is 0. The number of anilines is 2. The summed E-state index contributed by atoms with van der Waals surface area (Å²) in [7, 11) is 0. The minimum atomic E-state index is 0.646. The molecule has 0 unspecified atom stereocenters. The summed E-state index contributed by atoms with van der Waals surface area (Å²) >= 11 is 7.46. The number of thiazole rings is 1. The van der Waals surface area contributed by atoms with Gasteiger partial charge in [-0.15, -0.1) is 11.3 Å². The largest absolute Gasteiger partial charge is 0.397 e. The minimum absolute atomic E-state index is 0.646. The third-order valence-corrected chi connectivity index (χ3v) is 3.20. The van der Waals surface area contributed by atoms with E-state index < -0.39 is 0 Å². The second-order valence-electron chi connectivity index (χ2n) is 3.44. The van der Waals surface area contributed by atoms with Crippen LogP contribution in [0, 0.1) is 6.92 Å². The number of hydrogen-bond acceptors (Lipinski definition) is 4. The quantitative estimate of drug-likeness (QED) is 0.826. The predicted molar refractivity (Wildman–Crippen MR) is 70.0 cm³/mol. The van der Waals surface area contributed by atoms with E-state index in [9.17, 15) is 0 Å². The maximum absolute atomic E-state index is 5.83. The number of nitrogens with zero attached hydrogens (tertiary/aromatic N) is 1. The number of nitrogens with two attached hydrogens (primary N) is 1. The highest BCUT2D eigenvalue weighted by molar-refractivity contribution is 7.09. The van der Waals surface area contributed by atoms with Crippen molar-refractivity contribution in [2.24, 2.45) is 0 Å². The number of rotatable bonds is 3. The van der Waals surface area contributed by atoms with Gasteiger partial charge in [-0.3, -0.25) is 0 Å². The van der Waals surface area contributed by atoms with Gasteiger partial charge in [-0.1, -0.05) is 11.6 Å². The molecule has 3 nitrogen and oxygen atoms in total. The molecule has 0 bridgehead atoms. The van der Waals surface area contributed by atoms with E-state index in [1.165, 1.54) is 0 Å². The summed E-state index contributed by atoms with van der Waals surface area (Å²) in [6.45, 7) is 2.67. The Labute approximate surface area is 103 Å². The summed E-state index contributed by atoms with van der Waals surface area (Å²) in [5, 5.41) is 6.98. The Bertz CT molecular complexity index is 496. The first-order chi connectivity index (χ1) is 7.65. The molecule has 0 aliphatic rings. The van der Waals surface area contributed by atoms with Gasteiger partial charge in [0, 0.05) is 10.4 Å². The molecule has 2 rings (SSSR count). The van der Waals surface area contributed by atoms with Crippen molar-refractivity contribution < 1.29 is 0 Å². The molecule has 1 heterocycles. The van der Waals surface area contributed by atoms with Crippen molar-refractivity contribution in [2.45, 2.75) is 13.5 Å². The Morgan fingerprint density at radius 1 is 1.50 bits per heavy atom. The van der Waals surface area contributed by atoms with E-state index in [1.54, 1.807) is 17.4 Å². The van der Waals surface area contributed by atoms with Gasteiger partial charge in [-0.2, -0.15) is 0 Å². The predicted octanol–water partition coefficient (Wildman–Crippen LogP) is 3.30. The number of nitrogens with one attached hydrogen (secondary N) is 1. The lowest BCUT2D eigenvalue weighted by Gasteiger charge is -2.07. The van der Waals surface area contributed by atoms with Gasteiger partial charge in [-0.05, 0) is 25.1 Å². The molecule has 2 aromatic rings. The fraction of sp³-hybridized carbons (Fsp3) is 0.182. The van der Waals surface area contributed by atoms with Gasteiger partial charge in [0.1, 0.15) is 0 Å². The van der Waals surface area contributed by atoms with Crippen LogP contribution in [0.25, 0.3) is 0 Å². The maximum atomic E-state index is 5.83. The van der Waals surface area contributed by atoms with E-state index in [1.807, 2.05) is 24.4 Å². The highest BCUT2D eigenvalue weighted by Gasteiger charge is 2.01. The Kier molecular flexibility index (Phi) is 3.31. The van der Waals surface area contributed by atoms with Gasteiger partial charge in [0.15, 0.2) is 0 Å². The Morgan fingerprint density at radius 3 is 2.94 bits per heavy atom. The molecule has 0 aliphatic carbocycles. The number of aromatic nitrogens is 1. The standard InChI is InChI=1S/C11H12ClN3S/c1-7-15-9(6-16-7)5-14-11-3-2-8(12)4-10(11)13/h2-4,6,14H,5,13H2,1H3. The van der Waals surface area contributed by atoms with E-state index in [0.717, 1.165) is 16.4 Å². The lowest BCUT2D eigenvalue weighted by Crippen LogP contribution is -2.02. The molecule has 0 radical (unpaired) electrons. The van der Waals surface area contributed by atoms with E-state index in [4.69, 9.17) is 17.3 Å². The van der Waals surface area contributed by atoms with Crippen molar-refractivity contribution in [1.82, 2.24) is 4.98 Å². The van der Waals surface area contributed by atoms with E-state index in [2.05, 4.69) is 10.3 Å². The fourth-order valence-electron chi connectivity index (χ4n) is 1.37. The summed E-state index contributed by atoms with van der Waals surface area (Å²) in [6, 6.07) is 5.42. The molecule has 0 spiro atoms. The first-order valence-electron chi connectivity index (χ1n) is 4.85. The second kappa shape index (κ2) is 4.72. The summed E-state index contributed by atoms with van der Waals surface area (Å²) in [4.78, 5) is 4.36. The minimum Gasteiger partial charge on any atom is -0.397 e. The molecule has 0 aliphatic heterocycles. The molecule has 16 heavy (non-hydrogen) atoms. The Morgan fingerprint density at radius 2 is 2.31 bits per heavy atom. The van der Waals surface area contributed by atoms with Crippen molar-refractivity contribution >= 4 is 34.3 Å². The van der Waals surface area contributed by atoms with Gasteiger partial charge >= 0.3 is 0 Å². The third-order valence-electron chi connectivity index (χ3n) is 2.14. The van der Waals surface area contributed by atoms with Crippen molar-refractivity contribution in [1.29, 1.82) is 0 Å². The van der Waals surface area contributed by atoms with E-state index >= 15 is 0 Å². The number of benzene rings is 1. The number of halogens is 1. The van der Waals surface area contributed by atoms with Crippen molar-refractivity contribution in [3.63, 3.8) is 0 Å². The molecule has 5 heteroatoms. The van der Waals surface area contributed by atoms with Crippen molar-refractivity contribution in [2.75, 3.05) is 11.1 Å². The van der Waals surface area contributed by atoms with Crippen molar-refractivity contribution in [3.05, 3.63) is 39.3 Å². The van der Waals surface area contributed by atoms with Crippen LogP contribution in [0.3, 0.4) is 0 Å². The average Bonchev–Trinajstić information content (AvgIpc) is 2.63. The first kappa shape index (κ1) is 11.2. The zero-order valence-corrected chi connectivity index (χ0v) is 10.4. The van der Waals surface area contributed by atoms with Crippen molar-refractivity contribution in [3.8, 4) is 0 Å². The number of aryl methyl sites for hydroxylation is 1. The van der Waals surface area contributed by atoms with Gasteiger partial charge in [-0.25, -0.2) is 4.98 Å². The van der Waals surface area contributed by atoms with Crippen LogP contribution in [0.4, 0.5) is 11.4 Å². The van der Waals surface area contributed by atoms with Gasteiger partial charge in [0.2, 0.25) is 0 Å². The number of nitrogen functional groups attached to an aromatic ring is 1. The third kappa shape index (κ3) is 2.65. The van der Waals surface area contributed by atoms with E-state index in [0.29, 0.717) is 17.3 Å². The van der Waals surface area contributed by atoms with Crippen LogP contribution in [0.15, 0.2) is 23.6 Å². The monoisotopic (exact) mass is 253 g/mol. The molecule has 0 fully saturated rings. The molecular formula is C11H12ClN3S. The molecule has 0 amide bonds. The van der Waals surface area contributed by atoms with Crippen LogP contribution in [0.2, 0.25) is 5.02 Å². The maximum Gasteiger partial charge on any atom is 0.0898 e. The van der Waals surface area contributed by atoms with Crippen LogP contribution in [-0.2, 0) is 6.54 Å². The molecule has 0 saturated heterocycles.